The summed E-state index contributed by atoms with van der Waals surface area (Å²) in [6.45, 7) is 0. The lowest BCUT2D eigenvalue weighted by Gasteiger charge is -2.23. The number of hydrogen-bond donors (Lipinski definition) is 0. The number of rotatable bonds is 0. The number of carbonyl (C=O) groups excluding carboxylic acids is 2. The van der Waals surface area contributed by atoms with Crippen LogP contribution in [0, 0.1) is 0 Å². The molecule has 2 heteroatoms. The second-order valence-corrected chi connectivity index (χ2v) is 6.04. The van der Waals surface area contributed by atoms with Crippen LogP contribution in [0.5, 0.6) is 0 Å². The molecule has 2 nitrogen and oxygen atoms in total. The summed E-state index contributed by atoms with van der Waals surface area (Å²) in [5.74, 6) is -0.203. The first kappa shape index (κ1) is 12.5. The standard InChI is InChI=1S/C21H12O2/c22-19-15-9-1-2-10-16(15)20(23)21(19)17-11-5-3-7-13(17)14-8-4-6-12-18(14)21/h1-12H. The van der Waals surface area contributed by atoms with Crippen LogP contribution in [-0.4, -0.2) is 11.6 Å². The smallest absolute Gasteiger partial charge is 0.186 e. The third kappa shape index (κ3) is 1.26. The summed E-state index contributed by atoms with van der Waals surface area (Å²) in [6, 6.07) is 22.7. The second kappa shape index (κ2) is 4.05. The fourth-order valence-electron chi connectivity index (χ4n) is 4.11. The van der Waals surface area contributed by atoms with Gasteiger partial charge in [-0.15, -0.1) is 0 Å². The number of benzene rings is 3. The fourth-order valence-corrected chi connectivity index (χ4v) is 4.11. The van der Waals surface area contributed by atoms with Gasteiger partial charge in [0.25, 0.3) is 0 Å². The van der Waals surface area contributed by atoms with E-state index < -0.39 is 5.41 Å². The van der Waals surface area contributed by atoms with Crippen LogP contribution in [0.3, 0.4) is 0 Å². The average Bonchev–Trinajstić information content (AvgIpc) is 3.03. The molecule has 0 aliphatic heterocycles. The molecule has 0 heterocycles. The molecule has 0 radical (unpaired) electrons. The highest BCUT2D eigenvalue weighted by atomic mass is 16.2. The van der Waals surface area contributed by atoms with E-state index in [1.54, 1.807) is 12.1 Å². The van der Waals surface area contributed by atoms with Crippen LogP contribution in [0.1, 0.15) is 31.8 Å². The Bertz CT molecular complexity index is 931. The van der Waals surface area contributed by atoms with Crippen molar-refractivity contribution >= 4 is 11.6 Å². The highest BCUT2D eigenvalue weighted by molar-refractivity contribution is 6.37. The van der Waals surface area contributed by atoms with Crippen molar-refractivity contribution in [1.82, 2.24) is 0 Å². The van der Waals surface area contributed by atoms with Crippen LogP contribution in [0.15, 0.2) is 72.8 Å². The van der Waals surface area contributed by atoms with Gasteiger partial charge in [0.2, 0.25) is 0 Å². The van der Waals surface area contributed by atoms with E-state index in [9.17, 15) is 9.59 Å². The van der Waals surface area contributed by atoms with E-state index in [2.05, 4.69) is 0 Å². The van der Waals surface area contributed by atoms with E-state index in [0.717, 1.165) is 22.3 Å². The normalized spacial score (nSPS) is 16.3. The van der Waals surface area contributed by atoms with Crippen molar-refractivity contribution in [1.29, 1.82) is 0 Å². The van der Waals surface area contributed by atoms with Crippen LogP contribution in [0.2, 0.25) is 0 Å². The van der Waals surface area contributed by atoms with Gasteiger partial charge in [0.05, 0.1) is 0 Å². The van der Waals surface area contributed by atoms with Crippen LogP contribution in [0.25, 0.3) is 11.1 Å². The quantitative estimate of drug-likeness (QED) is 0.587. The molecule has 3 aromatic carbocycles. The SMILES string of the molecule is O=C1c2ccccc2C(=O)C12c1ccccc1-c1ccccc12. The fraction of sp³-hybridized carbons (Fsp3) is 0.0476. The molecule has 0 atom stereocenters. The minimum Gasteiger partial charge on any atom is -0.292 e. The Morgan fingerprint density at radius 1 is 0.478 bits per heavy atom. The Morgan fingerprint density at radius 3 is 1.26 bits per heavy atom. The highest BCUT2D eigenvalue weighted by Gasteiger charge is 2.59. The maximum absolute atomic E-state index is 13.3. The maximum atomic E-state index is 13.3. The molecule has 0 amide bonds. The van der Waals surface area contributed by atoms with E-state index in [4.69, 9.17) is 0 Å². The summed E-state index contributed by atoms with van der Waals surface area (Å²) in [6.07, 6.45) is 0. The van der Waals surface area contributed by atoms with Gasteiger partial charge in [-0.05, 0) is 22.3 Å². The molecule has 0 saturated heterocycles. The first-order valence-electron chi connectivity index (χ1n) is 7.64. The first-order chi connectivity index (χ1) is 11.3. The summed E-state index contributed by atoms with van der Waals surface area (Å²) in [7, 11) is 0. The van der Waals surface area contributed by atoms with Crippen LogP contribution < -0.4 is 0 Å². The molecular formula is C21H12O2. The predicted molar refractivity (Wildman–Crippen MR) is 87.8 cm³/mol. The molecule has 0 N–H and O–H groups in total. The van der Waals surface area contributed by atoms with Crippen molar-refractivity contribution in [3.63, 3.8) is 0 Å². The molecule has 5 rings (SSSR count). The van der Waals surface area contributed by atoms with E-state index in [-0.39, 0.29) is 11.6 Å². The summed E-state index contributed by atoms with van der Waals surface area (Å²) in [4.78, 5) is 26.7. The van der Waals surface area contributed by atoms with Gasteiger partial charge in [-0.2, -0.15) is 0 Å². The molecule has 0 aromatic heterocycles. The van der Waals surface area contributed by atoms with Crippen molar-refractivity contribution in [2.24, 2.45) is 0 Å². The molecule has 23 heavy (non-hydrogen) atoms. The van der Waals surface area contributed by atoms with Crippen molar-refractivity contribution in [2.45, 2.75) is 5.41 Å². The largest absolute Gasteiger partial charge is 0.292 e. The molecule has 0 bridgehead atoms. The van der Waals surface area contributed by atoms with Gasteiger partial charge in [-0.1, -0.05) is 72.8 Å². The van der Waals surface area contributed by atoms with Crippen LogP contribution in [0.4, 0.5) is 0 Å². The van der Waals surface area contributed by atoms with Gasteiger partial charge in [0, 0.05) is 11.1 Å². The number of Topliss-reactive ketones (excluding diaryl/α,β-unsaturated/α-hetero) is 2. The summed E-state index contributed by atoms with van der Waals surface area (Å²) < 4.78 is 0. The van der Waals surface area contributed by atoms with Crippen molar-refractivity contribution in [2.75, 3.05) is 0 Å². The topological polar surface area (TPSA) is 34.1 Å². The first-order valence-corrected chi connectivity index (χ1v) is 7.64. The number of hydrogen-bond acceptors (Lipinski definition) is 2. The minimum absolute atomic E-state index is 0.101. The van der Waals surface area contributed by atoms with Gasteiger partial charge in [0.1, 0.15) is 5.41 Å². The zero-order valence-corrected chi connectivity index (χ0v) is 12.2. The van der Waals surface area contributed by atoms with Gasteiger partial charge >= 0.3 is 0 Å². The molecule has 0 saturated carbocycles. The zero-order valence-electron chi connectivity index (χ0n) is 12.2. The van der Waals surface area contributed by atoms with Crippen molar-refractivity contribution in [3.8, 4) is 11.1 Å². The van der Waals surface area contributed by atoms with Gasteiger partial charge in [-0.25, -0.2) is 0 Å². The van der Waals surface area contributed by atoms with E-state index in [0.29, 0.717) is 11.1 Å². The Kier molecular flexibility index (Phi) is 2.21. The van der Waals surface area contributed by atoms with Crippen LogP contribution in [-0.2, 0) is 5.41 Å². The summed E-state index contributed by atoms with van der Waals surface area (Å²) in [5.41, 5.74) is 3.46. The Morgan fingerprint density at radius 2 is 0.826 bits per heavy atom. The third-order valence-corrected chi connectivity index (χ3v) is 5.05. The molecule has 108 valence electrons. The van der Waals surface area contributed by atoms with Crippen molar-refractivity contribution < 1.29 is 9.59 Å². The molecule has 0 unspecified atom stereocenters. The van der Waals surface area contributed by atoms with Gasteiger partial charge < -0.3 is 0 Å². The lowest BCUT2D eigenvalue weighted by molar-refractivity contribution is 0.0832. The molecule has 3 aromatic rings. The molecule has 0 fully saturated rings. The second-order valence-electron chi connectivity index (χ2n) is 6.04. The predicted octanol–water partition coefficient (Wildman–Crippen LogP) is 4.03. The van der Waals surface area contributed by atoms with Crippen molar-refractivity contribution in [3.05, 3.63) is 95.1 Å². The number of ketones is 2. The number of fused-ring (bicyclic) bond motifs is 6. The minimum atomic E-state index is -1.20. The summed E-state index contributed by atoms with van der Waals surface area (Å²) in [5, 5.41) is 0. The average molecular weight is 296 g/mol. The van der Waals surface area contributed by atoms with Gasteiger partial charge in [-0.3, -0.25) is 9.59 Å². The Hall–Kier alpha value is -3.00. The van der Waals surface area contributed by atoms with E-state index in [1.165, 1.54) is 0 Å². The third-order valence-electron chi connectivity index (χ3n) is 5.05. The summed E-state index contributed by atoms with van der Waals surface area (Å²) >= 11 is 0. The zero-order chi connectivity index (χ0) is 15.6. The van der Waals surface area contributed by atoms with E-state index >= 15 is 0 Å². The lowest BCUT2D eigenvalue weighted by Crippen LogP contribution is -2.37. The van der Waals surface area contributed by atoms with Crippen LogP contribution >= 0.6 is 0 Å². The van der Waals surface area contributed by atoms with Gasteiger partial charge in [0.15, 0.2) is 11.6 Å². The number of carbonyl (C=O) groups is 2. The maximum Gasteiger partial charge on any atom is 0.186 e. The molecular weight excluding hydrogens is 284 g/mol. The molecule has 2 aliphatic carbocycles. The highest BCUT2D eigenvalue weighted by Crippen LogP contribution is 2.54. The lowest BCUT2D eigenvalue weighted by atomic mass is 9.74. The monoisotopic (exact) mass is 296 g/mol. The Balaban J connectivity index is 1.95. The molecule has 2 aliphatic rings. The molecule has 1 spiro atoms. The van der Waals surface area contributed by atoms with E-state index in [1.807, 2.05) is 60.7 Å². The Labute approximate surface area is 133 Å².